The van der Waals surface area contributed by atoms with E-state index in [4.69, 9.17) is 26.9 Å². The predicted octanol–water partition coefficient (Wildman–Crippen LogP) is 0.193. The summed E-state index contributed by atoms with van der Waals surface area (Å²) in [6.45, 7) is 0.307. The van der Waals surface area contributed by atoms with Gasteiger partial charge in [-0.25, -0.2) is 4.98 Å². The van der Waals surface area contributed by atoms with E-state index < -0.39 is 0 Å². The average molecular weight is 304 g/mol. The Balaban J connectivity index is 2.06. The van der Waals surface area contributed by atoms with Gasteiger partial charge in [-0.3, -0.25) is 0 Å². The lowest BCUT2D eigenvalue weighted by Gasteiger charge is -2.00. The van der Waals surface area contributed by atoms with Gasteiger partial charge >= 0.3 is 0 Å². The Kier molecular flexibility index (Phi) is 4.37. The number of nitrogens with two attached hydrogens (primary N) is 3. The third kappa shape index (κ3) is 3.95. The highest BCUT2D eigenvalue weighted by atomic mass is 32.1. The summed E-state index contributed by atoms with van der Waals surface area (Å²) in [6.07, 6.45) is 1.58. The molecule has 0 saturated heterocycles. The van der Waals surface area contributed by atoms with Crippen molar-refractivity contribution >= 4 is 28.4 Å². The van der Waals surface area contributed by atoms with E-state index in [9.17, 15) is 0 Å². The zero-order chi connectivity index (χ0) is 15.2. The van der Waals surface area contributed by atoms with E-state index in [-0.39, 0.29) is 11.9 Å². The minimum atomic E-state index is -0.0486. The second kappa shape index (κ2) is 6.40. The van der Waals surface area contributed by atoms with Crippen molar-refractivity contribution < 1.29 is 4.42 Å². The van der Waals surface area contributed by atoms with Gasteiger partial charge in [-0.05, 0) is 12.1 Å². The molecule has 21 heavy (non-hydrogen) atoms. The molecule has 0 atom stereocenters. The van der Waals surface area contributed by atoms with E-state index in [1.165, 1.54) is 11.3 Å². The number of hydrogen-bond donors (Lipinski definition) is 4. The zero-order valence-corrected chi connectivity index (χ0v) is 11.6. The molecule has 0 radical (unpaired) electrons. The molecule has 0 fully saturated rings. The molecule has 2 heterocycles. The number of aromatic nitrogens is 1. The maximum atomic E-state index is 8.33. The SMILES string of the molecule is N#C/N=C(/N)NCc1ccc(-c2csc(N=C(N)N)n2)o1. The Morgan fingerprint density at radius 1 is 1.43 bits per heavy atom. The van der Waals surface area contributed by atoms with Crippen molar-refractivity contribution in [2.75, 3.05) is 0 Å². The number of thiazole rings is 1. The van der Waals surface area contributed by atoms with Gasteiger partial charge in [0, 0.05) is 5.38 Å². The fourth-order valence-corrected chi connectivity index (χ4v) is 2.12. The lowest BCUT2D eigenvalue weighted by Crippen LogP contribution is -2.30. The third-order valence-electron chi connectivity index (χ3n) is 2.25. The normalized spacial score (nSPS) is 10.9. The van der Waals surface area contributed by atoms with Crippen LogP contribution in [0.25, 0.3) is 11.5 Å². The van der Waals surface area contributed by atoms with Crippen LogP contribution in [0.5, 0.6) is 0 Å². The fourth-order valence-electron chi connectivity index (χ4n) is 1.42. The molecule has 2 rings (SSSR count). The number of furan rings is 1. The van der Waals surface area contributed by atoms with Crippen LogP contribution in [-0.2, 0) is 6.54 Å². The molecule has 0 amide bonds. The molecule has 2 aromatic heterocycles. The van der Waals surface area contributed by atoms with Gasteiger partial charge in [-0.2, -0.15) is 10.3 Å². The summed E-state index contributed by atoms with van der Waals surface area (Å²) >= 11 is 1.30. The van der Waals surface area contributed by atoms with Crippen LogP contribution in [0.15, 0.2) is 31.9 Å². The molecule has 7 N–H and O–H groups in total. The maximum absolute atomic E-state index is 8.33. The molecule has 9 nitrogen and oxygen atoms in total. The number of hydrogen-bond acceptors (Lipinski definition) is 6. The molecule has 10 heteroatoms. The molecule has 0 aromatic carbocycles. The molecular formula is C11H12N8OS. The summed E-state index contributed by atoms with van der Waals surface area (Å²) in [6, 6.07) is 3.53. The fraction of sp³-hybridized carbons (Fsp3) is 0.0909. The molecule has 0 saturated carbocycles. The van der Waals surface area contributed by atoms with Crippen molar-refractivity contribution in [1.82, 2.24) is 10.3 Å². The lowest BCUT2D eigenvalue weighted by molar-refractivity contribution is 0.514. The lowest BCUT2D eigenvalue weighted by atomic mass is 10.3. The minimum Gasteiger partial charge on any atom is -0.458 e. The summed E-state index contributed by atoms with van der Waals surface area (Å²) in [4.78, 5) is 11.4. The summed E-state index contributed by atoms with van der Waals surface area (Å²) in [5, 5.41) is 13.3. The van der Waals surface area contributed by atoms with Crippen LogP contribution in [0, 0.1) is 11.5 Å². The Morgan fingerprint density at radius 3 is 2.95 bits per heavy atom. The summed E-state index contributed by atoms with van der Waals surface area (Å²) in [7, 11) is 0. The highest BCUT2D eigenvalue weighted by molar-refractivity contribution is 7.13. The molecule has 0 spiro atoms. The van der Waals surface area contributed by atoms with Crippen molar-refractivity contribution in [3.05, 3.63) is 23.3 Å². The van der Waals surface area contributed by atoms with Crippen LogP contribution in [0.2, 0.25) is 0 Å². The van der Waals surface area contributed by atoms with Crippen molar-refractivity contribution in [2.24, 2.45) is 27.2 Å². The van der Waals surface area contributed by atoms with Gasteiger partial charge in [0.25, 0.3) is 0 Å². The highest BCUT2D eigenvalue weighted by Gasteiger charge is 2.09. The molecule has 0 aliphatic carbocycles. The van der Waals surface area contributed by atoms with E-state index >= 15 is 0 Å². The number of nitrogens with one attached hydrogen (secondary N) is 1. The predicted molar refractivity (Wildman–Crippen MR) is 79.4 cm³/mol. The Hall–Kier alpha value is -3.06. The van der Waals surface area contributed by atoms with E-state index in [0.29, 0.717) is 28.9 Å². The number of rotatable bonds is 4. The number of nitriles is 1. The van der Waals surface area contributed by atoms with Gasteiger partial charge in [0.05, 0.1) is 6.54 Å². The molecule has 108 valence electrons. The monoisotopic (exact) mass is 304 g/mol. The van der Waals surface area contributed by atoms with E-state index in [1.807, 2.05) is 0 Å². The van der Waals surface area contributed by atoms with E-state index in [2.05, 4.69) is 20.3 Å². The molecule has 0 unspecified atom stereocenters. The Labute approximate surface area is 123 Å². The average Bonchev–Trinajstić information content (AvgIpc) is 3.04. The second-order valence-corrected chi connectivity index (χ2v) is 4.61. The van der Waals surface area contributed by atoms with Gasteiger partial charge in [-0.15, -0.1) is 16.3 Å². The van der Waals surface area contributed by atoms with Crippen molar-refractivity contribution in [2.45, 2.75) is 6.54 Å². The molecule has 0 aliphatic rings. The minimum absolute atomic E-state index is 0.0270. The van der Waals surface area contributed by atoms with Crippen LogP contribution in [-0.4, -0.2) is 16.9 Å². The van der Waals surface area contributed by atoms with Crippen LogP contribution in [0.1, 0.15) is 5.76 Å². The van der Waals surface area contributed by atoms with Crippen LogP contribution >= 0.6 is 11.3 Å². The standard InChI is InChI=1S/C11H12N8OS/c12-5-17-10(15)16-3-6-1-2-8(20-6)7-4-21-11(18-7)19-9(13)14/h1-2,4H,3H2,(H3,15,16,17)(H4,13,14,18,19). The van der Waals surface area contributed by atoms with Gasteiger partial charge in [0.15, 0.2) is 11.7 Å². The maximum Gasteiger partial charge on any atom is 0.212 e. The van der Waals surface area contributed by atoms with Gasteiger partial charge < -0.3 is 26.9 Å². The van der Waals surface area contributed by atoms with Crippen molar-refractivity contribution in [1.29, 1.82) is 5.26 Å². The topological polar surface area (TPSA) is 165 Å². The molecule has 0 bridgehead atoms. The summed E-state index contributed by atoms with van der Waals surface area (Å²) < 4.78 is 5.59. The van der Waals surface area contributed by atoms with Crippen LogP contribution in [0.4, 0.5) is 5.13 Å². The van der Waals surface area contributed by atoms with E-state index in [0.717, 1.165) is 0 Å². The first-order valence-corrected chi connectivity index (χ1v) is 6.57. The summed E-state index contributed by atoms with van der Waals surface area (Å²) in [5.74, 6) is 1.18. The van der Waals surface area contributed by atoms with Crippen LogP contribution in [0.3, 0.4) is 0 Å². The van der Waals surface area contributed by atoms with Crippen LogP contribution < -0.4 is 22.5 Å². The van der Waals surface area contributed by atoms with Gasteiger partial charge in [-0.1, -0.05) is 0 Å². The quantitative estimate of drug-likeness (QED) is 0.355. The summed E-state index contributed by atoms with van der Waals surface area (Å²) in [5.41, 5.74) is 16.6. The Morgan fingerprint density at radius 2 is 2.24 bits per heavy atom. The first kappa shape index (κ1) is 14.4. The van der Waals surface area contributed by atoms with Crippen molar-refractivity contribution in [3.8, 4) is 17.6 Å². The smallest absolute Gasteiger partial charge is 0.212 e. The second-order valence-electron chi connectivity index (χ2n) is 3.77. The highest BCUT2D eigenvalue weighted by Crippen LogP contribution is 2.27. The third-order valence-corrected chi connectivity index (χ3v) is 2.98. The van der Waals surface area contributed by atoms with Gasteiger partial charge in [0.1, 0.15) is 11.5 Å². The van der Waals surface area contributed by atoms with Crippen molar-refractivity contribution in [3.63, 3.8) is 0 Å². The molecule has 2 aromatic rings. The Bertz CT molecular complexity index is 719. The molecular weight excluding hydrogens is 292 g/mol. The number of guanidine groups is 2. The number of aliphatic imine (C=N–C) groups is 2. The largest absolute Gasteiger partial charge is 0.458 e. The molecule has 0 aliphatic heterocycles. The zero-order valence-electron chi connectivity index (χ0n) is 10.8. The number of nitrogens with zero attached hydrogens (tertiary/aromatic N) is 4. The van der Waals surface area contributed by atoms with E-state index in [1.54, 1.807) is 23.7 Å². The van der Waals surface area contributed by atoms with Gasteiger partial charge in [0.2, 0.25) is 17.3 Å². The first-order valence-electron chi connectivity index (χ1n) is 5.69. The first-order chi connectivity index (χ1) is 10.1.